The summed E-state index contributed by atoms with van der Waals surface area (Å²) in [5.41, 5.74) is 3.26. The molecule has 0 fully saturated rings. The van der Waals surface area contributed by atoms with E-state index in [2.05, 4.69) is 15.4 Å². The summed E-state index contributed by atoms with van der Waals surface area (Å²) in [6, 6.07) is 3.51. The maximum atomic E-state index is 5.69. The van der Waals surface area contributed by atoms with E-state index in [0.29, 0.717) is 10.3 Å². The van der Waals surface area contributed by atoms with Crippen LogP contribution in [0.2, 0.25) is 5.15 Å². The molecule has 0 saturated carbocycles. The van der Waals surface area contributed by atoms with Gasteiger partial charge in [0, 0.05) is 0 Å². The van der Waals surface area contributed by atoms with Crippen LogP contribution in [0.15, 0.2) is 12.1 Å². The Morgan fingerprint density at radius 3 is 3.00 bits per heavy atom. The lowest BCUT2D eigenvalue weighted by Gasteiger charge is -1.85. The molecule has 0 unspecified atom stereocenters. The first-order chi connectivity index (χ1) is 5.79. The standard InChI is InChI=1S/C6H5ClN4S/c7-4-2-1-3-5(10-4)12-6(9-3)11-8/h1-2H,8H2,(H,9,11). The molecule has 0 saturated heterocycles. The molecule has 0 spiro atoms. The maximum Gasteiger partial charge on any atom is 0.199 e. The summed E-state index contributed by atoms with van der Waals surface area (Å²) in [7, 11) is 0. The van der Waals surface area contributed by atoms with Gasteiger partial charge in [0.1, 0.15) is 15.5 Å². The Balaban J connectivity index is 2.67. The Labute approximate surface area is 77.4 Å². The van der Waals surface area contributed by atoms with Crippen molar-refractivity contribution in [2.24, 2.45) is 5.84 Å². The highest BCUT2D eigenvalue weighted by molar-refractivity contribution is 7.21. The molecule has 2 heterocycles. The average Bonchev–Trinajstić information content (AvgIpc) is 2.46. The Bertz CT molecular complexity index is 413. The molecule has 0 aliphatic heterocycles. The SMILES string of the molecule is NNc1nc2ccc(Cl)nc2s1. The van der Waals surface area contributed by atoms with E-state index in [1.165, 1.54) is 11.3 Å². The molecule has 0 amide bonds. The van der Waals surface area contributed by atoms with Gasteiger partial charge in [-0.2, -0.15) is 0 Å². The van der Waals surface area contributed by atoms with Gasteiger partial charge in [-0.25, -0.2) is 15.8 Å². The van der Waals surface area contributed by atoms with E-state index >= 15 is 0 Å². The normalized spacial score (nSPS) is 10.5. The van der Waals surface area contributed by atoms with Gasteiger partial charge in [-0.1, -0.05) is 22.9 Å². The predicted octanol–water partition coefficient (Wildman–Crippen LogP) is 1.63. The van der Waals surface area contributed by atoms with Crippen LogP contribution in [0.3, 0.4) is 0 Å². The summed E-state index contributed by atoms with van der Waals surface area (Å²) >= 11 is 7.06. The number of anilines is 1. The molecule has 12 heavy (non-hydrogen) atoms. The second kappa shape index (κ2) is 2.85. The fourth-order valence-corrected chi connectivity index (χ4v) is 1.80. The molecular weight excluding hydrogens is 196 g/mol. The number of thiazole rings is 1. The molecule has 2 rings (SSSR count). The maximum absolute atomic E-state index is 5.69. The largest absolute Gasteiger partial charge is 0.300 e. The lowest BCUT2D eigenvalue weighted by Crippen LogP contribution is -2.05. The van der Waals surface area contributed by atoms with E-state index in [-0.39, 0.29) is 0 Å². The number of halogens is 1. The molecule has 6 heteroatoms. The molecule has 0 aliphatic carbocycles. The summed E-state index contributed by atoms with van der Waals surface area (Å²) in [6.07, 6.45) is 0. The van der Waals surface area contributed by atoms with Gasteiger partial charge in [0.2, 0.25) is 0 Å². The second-order valence-corrected chi connectivity index (χ2v) is 3.49. The van der Waals surface area contributed by atoms with Crippen LogP contribution >= 0.6 is 22.9 Å². The van der Waals surface area contributed by atoms with Crippen molar-refractivity contribution >= 4 is 38.4 Å². The zero-order chi connectivity index (χ0) is 8.55. The van der Waals surface area contributed by atoms with Crippen LogP contribution in [0.25, 0.3) is 10.3 Å². The van der Waals surface area contributed by atoms with Crippen molar-refractivity contribution in [3.05, 3.63) is 17.3 Å². The Morgan fingerprint density at radius 1 is 1.42 bits per heavy atom. The van der Waals surface area contributed by atoms with E-state index in [4.69, 9.17) is 17.4 Å². The molecule has 4 nitrogen and oxygen atoms in total. The van der Waals surface area contributed by atoms with Gasteiger partial charge in [0.05, 0.1) is 0 Å². The van der Waals surface area contributed by atoms with Gasteiger partial charge in [-0.3, -0.25) is 5.43 Å². The summed E-state index contributed by atoms with van der Waals surface area (Å²) in [5, 5.41) is 1.11. The van der Waals surface area contributed by atoms with E-state index < -0.39 is 0 Å². The smallest absolute Gasteiger partial charge is 0.199 e. The number of hydrogen-bond acceptors (Lipinski definition) is 5. The molecule has 0 aliphatic rings. The number of nitrogens with one attached hydrogen (secondary N) is 1. The molecule has 3 N–H and O–H groups in total. The van der Waals surface area contributed by atoms with Gasteiger partial charge in [-0.15, -0.1) is 0 Å². The second-order valence-electron chi connectivity index (χ2n) is 2.12. The minimum Gasteiger partial charge on any atom is -0.300 e. The predicted molar refractivity (Wildman–Crippen MR) is 50.2 cm³/mol. The van der Waals surface area contributed by atoms with Crippen molar-refractivity contribution in [3.63, 3.8) is 0 Å². The molecule has 2 aromatic rings. The summed E-state index contributed by atoms with van der Waals surface area (Å²) < 4.78 is 0. The van der Waals surface area contributed by atoms with Crippen molar-refractivity contribution in [1.82, 2.24) is 9.97 Å². The number of fused-ring (bicyclic) bond motifs is 1. The number of nitrogens with zero attached hydrogens (tertiary/aromatic N) is 2. The number of rotatable bonds is 1. The topological polar surface area (TPSA) is 63.8 Å². The van der Waals surface area contributed by atoms with Crippen LogP contribution in [0.4, 0.5) is 5.13 Å². The minimum absolute atomic E-state index is 0.467. The van der Waals surface area contributed by atoms with Crippen LogP contribution in [0.5, 0.6) is 0 Å². The number of aromatic nitrogens is 2. The fraction of sp³-hybridized carbons (Fsp3) is 0. The van der Waals surface area contributed by atoms with Crippen LogP contribution < -0.4 is 11.3 Å². The van der Waals surface area contributed by atoms with Crippen molar-refractivity contribution in [2.45, 2.75) is 0 Å². The Kier molecular flexibility index (Phi) is 1.84. The highest BCUT2D eigenvalue weighted by atomic mass is 35.5. The van der Waals surface area contributed by atoms with Crippen LogP contribution in [-0.4, -0.2) is 9.97 Å². The van der Waals surface area contributed by atoms with E-state index in [9.17, 15) is 0 Å². The van der Waals surface area contributed by atoms with Crippen LogP contribution in [-0.2, 0) is 0 Å². The molecule has 2 aromatic heterocycles. The first-order valence-corrected chi connectivity index (χ1v) is 4.39. The first-order valence-electron chi connectivity index (χ1n) is 3.19. The van der Waals surface area contributed by atoms with E-state index in [1.807, 2.05) is 6.07 Å². The number of hydrogen-bond donors (Lipinski definition) is 2. The third-order valence-electron chi connectivity index (χ3n) is 1.35. The number of hydrazine groups is 1. The van der Waals surface area contributed by atoms with Crippen LogP contribution in [0, 0.1) is 0 Å². The van der Waals surface area contributed by atoms with Crippen molar-refractivity contribution < 1.29 is 0 Å². The lowest BCUT2D eigenvalue weighted by atomic mass is 10.5. The quantitative estimate of drug-likeness (QED) is 0.417. The summed E-state index contributed by atoms with van der Waals surface area (Å²) in [4.78, 5) is 8.99. The molecule has 0 atom stereocenters. The Morgan fingerprint density at radius 2 is 2.25 bits per heavy atom. The van der Waals surface area contributed by atoms with Gasteiger partial charge in [-0.05, 0) is 12.1 Å². The monoisotopic (exact) mass is 200 g/mol. The average molecular weight is 201 g/mol. The third-order valence-corrected chi connectivity index (χ3v) is 2.45. The highest BCUT2D eigenvalue weighted by Crippen LogP contribution is 2.24. The molecule has 0 bridgehead atoms. The third kappa shape index (κ3) is 1.22. The lowest BCUT2D eigenvalue weighted by molar-refractivity contribution is 1.31. The van der Waals surface area contributed by atoms with Gasteiger partial charge in [0.25, 0.3) is 0 Å². The van der Waals surface area contributed by atoms with E-state index in [0.717, 1.165) is 10.3 Å². The zero-order valence-electron chi connectivity index (χ0n) is 5.91. The summed E-state index contributed by atoms with van der Waals surface area (Å²) in [6.45, 7) is 0. The van der Waals surface area contributed by atoms with Gasteiger partial charge in [0.15, 0.2) is 5.13 Å². The number of nitrogens with two attached hydrogens (primary N) is 1. The number of nitrogen functional groups attached to an aromatic ring is 1. The Hall–Kier alpha value is -0.910. The highest BCUT2D eigenvalue weighted by Gasteiger charge is 2.03. The van der Waals surface area contributed by atoms with Gasteiger partial charge < -0.3 is 0 Å². The zero-order valence-corrected chi connectivity index (χ0v) is 7.49. The van der Waals surface area contributed by atoms with Crippen molar-refractivity contribution in [3.8, 4) is 0 Å². The molecular formula is C6H5ClN4S. The molecule has 62 valence electrons. The first kappa shape index (κ1) is 7.72. The number of pyridine rings is 1. The van der Waals surface area contributed by atoms with Crippen molar-refractivity contribution in [2.75, 3.05) is 5.43 Å². The van der Waals surface area contributed by atoms with Gasteiger partial charge >= 0.3 is 0 Å². The van der Waals surface area contributed by atoms with Crippen molar-refractivity contribution in [1.29, 1.82) is 0 Å². The minimum atomic E-state index is 0.467. The summed E-state index contributed by atoms with van der Waals surface area (Å²) in [5.74, 6) is 5.19. The van der Waals surface area contributed by atoms with Crippen LogP contribution in [0.1, 0.15) is 0 Å². The van der Waals surface area contributed by atoms with E-state index in [1.54, 1.807) is 6.07 Å². The molecule has 0 radical (unpaired) electrons. The fourth-order valence-electron chi connectivity index (χ4n) is 0.856. The molecule has 0 aromatic carbocycles.